The lowest BCUT2D eigenvalue weighted by Crippen LogP contribution is -2.53. The number of benzene rings is 1. The largest absolute Gasteiger partial charge is 0.352 e. The molecule has 148 valence electrons. The van der Waals surface area contributed by atoms with Gasteiger partial charge in [0.25, 0.3) is 11.8 Å². The molecule has 1 aliphatic rings. The molecule has 0 aliphatic carbocycles. The standard InChI is InChI=1S/C21H25N3O3S/c1-13(2)18(24-20(26)14-8-5-6-9-15(14)21(24)27)19(25)22-12-16(23(3)4)17-10-7-11-28-17/h5-11,13,16,18H,12H2,1-4H3,(H,22,25). The third kappa shape index (κ3) is 3.72. The normalized spacial score (nSPS) is 15.9. The molecule has 2 unspecified atom stereocenters. The van der Waals surface area contributed by atoms with Crippen LogP contribution in [0.5, 0.6) is 0 Å². The maximum atomic E-state index is 13.0. The SMILES string of the molecule is CC(C)C(C(=O)NCC(c1cccs1)N(C)C)N1C(=O)c2ccccc2C1=O. The van der Waals surface area contributed by atoms with Gasteiger partial charge in [-0.25, -0.2) is 0 Å². The fraction of sp³-hybridized carbons (Fsp3) is 0.381. The number of nitrogens with one attached hydrogen (secondary N) is 1. The second-order valence-electron chi connectivity index (χ2n) is 7.45. The Hall–Kier alpha value is -2.51. The summed E-state index contributed by atoms with van der Waals surface area (Å²) in [6.45, 7) is 4.09. The van der Waals surface area contributed by atoms with Gasteiger partial charge in [0.1, 0.15) is 6.04 Å². The molecule has 1 aliphatic heterocycles. The predicted molar refractivity (Wildman–Crippen MR) is 109 cm³/mol. The van der Waals surface area contributed by atoms with E-state index in [2.05, 4.69) is 5.32 Å². The van der Waals surface area contributed by atoms with Crippen LogP contribution in [-0.4, -0.2) is 54.2 Å². The highest BCUT2D eigenvalue weighted by molar-refractivity contribution is 7.10. The Morgan fingerprint density at radius 1 is 1.07 bits per heavy atom. The Balaban J connectivity index is 1.79. The van der Waals surface area contributed by atoms with E-state index in [9.17, 15) is 14.4 Å². The highest BCUT2D eigenvalue weighted by atomic mass is 32.1. The maximum Gasteiger partial charge on any atom is 0.262 e. The molecule has 28 heavy (non-hydrogen) atoms. The van der Waals surface area contributed by atoms with Gasteiger partial charge in [-0.1, -0.05) is 32.0 Å². The van der Waals surface area contributed by atoms with E-state index in [4.69, 9.17) is 0 Å². The van der Waals surface area contributed by atoms with Crippen molar-refractivity contribution in [2.24, 2.45) is 5.92 Å². The van der Waals surface area contributed by atoms with Gasteiger partial charge >= 0.3 is 0 Å². The van der Waals surface area contributed by atoms with Gasteiger partial charge in [0.15, 0.2) is 0 Å². The number of amides is 3. The quantitative estimate of drug-likeness (QED) is 0.727. The van der Waals surface area contributed by atoms with Crippen LogP contribution < -0.4 is 5.32 Å². The Labute approximate surface area is 169 Å². The van der Waals surface area contributed by atoms with E-state index in [1.807, 2.05) is 50.4 Å². The van der Waals surface area contributed by atoms with Crippen molar-refractivity contribution in [1.82, 2.24) is 15.1 Å². The van der Waals surface area contributed by atoms with E-state index in [1.54, 1.807) is 35.6 Å². The van der Waals surface area contributed by atoms with Crippen molar-refractivity contribution in [2.45, 2.75) is 25.9 Å². The third-order valence-electron chi connectivity index (χ3n) is 4.97. The first-order valence-corrected chi connectivity index (χ1v) is 10.1. The highest BCUT2D eigenvalue weighted by Crippen LogP contribution is 2.27. The summed E-state index contributed by atoms with van der Waals surface area (Å²) in [5, 5.41) is 4.96. The monoisotopic (exact) mass is 399 g/mol. The molecular weight excluding hydrogens is 374 g/mol. The Morgan fingerprint density at radius 3 is 2.14 bits per heavy atom. The summed E-state index contributed by atoms with van der Waals surface area (Å²) >= 11 is 1.63. The minimum atomic E-state index is -0.849. The number of likely N-dealkylation sites (N-methyl/N-ethyl adjacent to an activating group) is 1. The van der Waals surface area contributed by atoms with Crippen LogP contribution in [0.4, 0.5) is 0 Å². The number of hydrogen-bond donors (Lipinski definition) is 1. The Morgan fingerprint density at radius 2 is 1.68 bits per heavy atom. The summed E-state index contributed by atoms with van der Waals surface area (Å²) in [5.74, 6) is -1.33. The second kappa shape index (κ2) is 8.24. The molecule has 1 aromatic carbocycles. The molecule has 7 heteroatoms. The number of hydrogen-bond acceptors (Lipinski definition) is 5. The van der Waals surface area contributed by atoms with E-state index >= 15 is 0 Å². The van der Waals surface area contributed by atoms with Crippen LogP contribution in [0.15, 0.2) is 41.8 Å². The first kappa shape index (κ1) is 20.2. The fourth-order valence-electron chi connectivity index (χ4n) is 3.50. The van der Waals surface area contributed by atoms with Crippen molar-refractivity contribution in [3.8, 4) is 0 Å². The molecule has 0 saturated carbocycles. The lowest BCUT2D eigenvalue weighted by molar-refractivity contribution is -0.126. The zero-order chi connectivity index (χ0) is 20.4. The number of thiophene rings is 1. The zero-order valence-electron chi connectivity index (χ0n) is 16.5. The number of carbonyl (C=O) groups excluding carboxylic acids is 3. The number of fused-ring (bicyclic) bond motifs is 1. The molecule has 2 aromatic rings. The second-order valence-corrected chi connectivity index (χ2v) is 8.43. The molecule has 0 fully saturated rings. The van der Waals surface area contributed by atoms with Crippen molar-refractivity contribution in [2.75, 3.05) is 20.6 Å². The summed E-state index contributed by atoms with van der Waals surface area (Å²) in [6.07, 6.45) is 0. The molecule has 3 rings (SSSR count). The lowest BCUT2D eigenvalue weighted by atomic mass is 10.0. The van der Waals surface area contributed by atoms with Gasteiger partial charge in [-0.15, -0.1) is 11.3 Å². The predicted octanol–water partition coefficient (Wildman–Crippen LogP) is 2.79. The van der Waals surface area contributed by atoms with Gasteiger partial charge in [0.2, 0.25) is 5.91 Å². The first-order valence-electron chi connectivity index (χ1n) is 9.27. The molecule has 6 nitrogen and oxygen atoms in total. The van der Waals surface area contributed by atoms with Gasteiger partial charge in [0.05, 0.1) is 17.2 Å². The number of imide groups is 1. The van der Waals surface area contributed by atoms with Crippen LogP contribution in [0, 0.1) is 5.92 Å². The van der Waals surface area contributed by atoms with Gasteiger partial charge in [-0.2, -0.15) is 0 Å². The van der Waals surface area contributed by atoms with Gasteiger partial charge in [0, 0.05) is 11.4 Å². The molecule has 0 bridgehead atoms. The van der Waals surface area contributed by atoms with Crippen LogP contribution >= 0.6 is 11.3 Å². The van der Waals surface area contributed by atoms with Crippen molar-refractivity contribution in [3.63, 3.8) is 0 Å². The average Bonchev–Trinajstić information content (AvgIpc) is 3.25. The summed E-state index contributed by atoms with van der Waals surface area (Å²) < 4.78 is 0. The molecule has 0 radical (unpaired) electrons. The summed E-state index contributed by atoms with van der Waals surface area (Å²) in [6, 6.07) is 9.89. The molecule has 1 aromatic heterocycles. The molecule has 3 amide bonds. The van der Waals surface area contributed by atoms with Crippen molar-refractivity contribution >= 4 is 29.1 Å². The van der Waals surface area contributed by atoms with Gasteiger partial charge in [-0.3, -0.25) is 19.3 Å². The molecule has 2 atom stereocenters. The Kier molecular flexibility index (Phi) is 5.96. The minimum absolute atomic E-state index is 0.0268. The number of nitrogens with zero attached hydrogens (tertiary/aromatic N) is 2. The van der Waals surface area contributed by atoms with Gasteiger partial charge in [-0.05, 0) is 43.6 Å². The van der Waals surface area contributed by atoms with Crippen LogP contribution in [0.1, 0.15) is 45.5 Å². The zero-order valence-corrected chi connectivity index (χ0v) is 17.3. The molecule has 0 saturated heterocycles. The average molecular weight is 400 g/mol. The van der Waals surface area contributed by atoms with Gasteiger partial charge < -0.3 is 10.2 Å². The van der Waals surface area contributed by atoms with Crippen molar-refractivity contribution in [1.29, 1.82) is 0 Å². The van der Waals surface area contributed by atoms with Crippen LogP contribution in [-0.2, 0) is 4.79 Å². The van der Waals surface area contributed by atoms with E-state index in [0.717, 1.165) is 9.78 Å². The van der Waals surface area contributed by atoms with E-state index in [0.29, 0.717) is 17.7 Å². The van der Waals surface area contributed by atoms with Crippen molar-refractivity contribution < 1.29 is 14.4 Å². The molecular formula is C21H25N3O3S. The van der Waals surface area contributed by atoms with E-state index in [-0.39, 0.29) is 17.9 Å². The Bertz CT molecular complexity index is 842. The van der Waals surface area contributed by atoms with E-state index < -0.39 is 17.9 Å². The molecule has 2 heterocycles. The number of carbonyl (C=O) groups is 3. The molecule has 0 spiro atoms. The topological polar surface area (TPSA) is 69.7 Å². The molecule has 1 N–H and O–H groups in total. The van der Waals surface area contributed by atoms with E-state index in [1.165, 1.54) is 0 Å². The summed E-state index contributed by atoms with van der Waals surface area (Å²) in [4.78, 5) is 43.0. The maximum absolute atomic E-state index is 13.0. The fourth-order valence-corrected chi connectivity index (χ4v) is 4.42. The highest BCUT2D eigenvalue weighted by Gasteiger charge is 2.43. The number of rotatable bonds is 7. The first-order chi connectivity index (χ1) is 13.3. The van der Waals surface area contributed by atoms with Crippen LogP contribution in [0.3, 0.4) is 0 Å². The third-order valence-corrected chi connectivity index (χ3v) is 5.94. The summed E-state index contributed by atoms with van der Waals surface area (Å²) in [7, 11) is 3.92. The van der Waals surface area contributed by atoms with Crippen LogP contribution in [0.25, 0.3) is 0 Å². The lowest BCUT2D eigenvalue weighted by Gasteiger charge is -2.30. The minimum Gasteiger partial charge on any atom is -0.352 e. The summed E-state index contributed by atoms with van der Waals surface area (Å²) in [5.41, 5.74) is 0.714. The van der Waals surface area contributed by atoms with Crippen molar-refractivity contribution in [3.05, 3.63) is 57.8 Å². The smallest absolute Gasteiger partial charge is 0.262 e. The van der Waals surface area contributed by atoms with Crippen LogP contribution in [0.2, 0.25) is 0 Å².